The normalized spacial score (nSPS) is 19.8. The number of carbonyl (C=O) groups excluding carboxylic acids is 2. The summed E-state index contributed by atoms with van der Waals surface area (Å²) >= 11 is 0. The van der Waals surface area contributed by atoms with Crippen molar-refractivity contribution in [3.05, 3.63) is 35.0 Å². The molecule has 0 saturated carbocycles. The molecule has 2 aliphatic rings. The van der Waals surface area contributed by atoms with Crippen LogP contribution in [-0.4, -0.2) is 36.3 Å². The summed E-state index contributed by atoms with van der Waals surface area (Å²) in [5.74, 6) is 0.754. The van der Waals surface area contributed by atoms with Gasteiger partial charge >= 0.3 is 12.0 Å². The van der Waals surface area contributed by atoms with Crippen LogP contribution in [0.5, 0.6) is 11.5 Å². The number of carbonyl (C=O) groups is 2. The SMILES string of the molecule is COC(=O)C1=C(C)N(C(C)(C)C)C(=O)NC1c1ccc2c(c1)OCO2. The number of nitrogens with zero attached hydrogens (tertiary/aromatic N) is 1. The number of hydrogen-bond acceptors (Lipinski definition) is 5. The smallest absolute Gasteiger partial charge is 0.337 e. The van der Waals surface area contributed by atoms with Crippen LogP contribution in [0.4, 0.5) is 4.79 Å². The lowest BCUT2D eigenvalue weighted by atomic mass is 9.92. The van der Waals surface area contributed by atoms with E-state index in [9.17, 15) is 9.59 Å². The molecule has 1 aromatic carbocycles. The molecular weight excluding hydrogens is 324 g/mol. The zero-order chi connectivity index (χ0) is 18.4. The molecule has 0 spiro atoms. The molecular formula is C18H22N2O5. The fraction of sp³-hybridized carbons (Fsp3) is 0.444. The van der Waals surface area contributed by atoms with E-state index in [1.807, 2.05) is 20.8 Å². The van der Waals surface area contributed by atoms with Crippen molar-refractivity contribution in [2.45, 2.75) is 39.3 Å². The average molecular weight is 346 g/mol. The highest BCUT2D eigenvalue weighted by Gasteiger charge is 2.40. The average Bonchev–Trinajstić information content (AvgIpc) is 2.99. The van der Waals surface area contributed by atoms with Crippen LogP contribution in [0.15, 0.2) is 29.5 Å². The second-order valence-corrected chi connectivity index (χ2v) is 6.99. The Morgan fingerprint density at radius 3 is 2.60 bits per heavy atom. The molecule has 0 saturated heterocycles. The Balaban J connectivity index is 2.11. The van der Waals surface area contributed by atoms with Crippen LogP contribution in [0.2, 0.25) is 0 Å². The lowest BCUT2D eigenvalue weighted by Crippen LogP contribution is -2.54. The summed E-state index contributed by atoms with van der Waals surface area (Å²) in [6.07, 6.45) is 0. The summed E-state index contributed by atoms with van der Waals surface area (Å²) in [6, 6.07) is 4.47. The van der Waals surface area contributed by atoms with Gasteiger partial charge in [0, 0.05) is 11.2 Å². The van der Waals surface area contributed by atoms with Gasteiger partial charge < -0.3 is 19.5 Å². The number of amides is 2. The van der Waals surface area contributed by atoms with E-state index in [4.69, 9.17) is 14.2 Å². The zero-order valence-corrected chi connectivity index (χ0v) is 15.0. The Bertz CT molecular complexity index is 763. The van der Waals surface area contributed by atoms with Crippen molar-refractivity contribution in [1.82, 2.24) is 10.2 Å². The van der Waals surface area contributed by atoms with E-state index in [0.717, 1.165) is 5.56 Å². The highest BCUT2D eigenvalue weighted by atomic mass is 16.7. The monoisotopic (exact) mass is 346 g/mol. The van der Waals surface area contributed by atoms with Crippen LogP contribution in [0.3, 0.4) is 0 Å². The minimum atomic E-state index is -0.618. The molecule has 0 radical (unpaired) electrons. The lowest BCUT2D eigenvalue weighted by molar-refractivity contribution is -0.136. The molecule has 0 fully saturated rings. The van der Waals surface area contributed by atoms with Crippen molar-refractivity contribution in [3.8, 4) is 11.5 Å². The molecule has 7 heteroatoms. The van der Waals surface area contributed by atoms with Gasteiger partial charge in [-0.2, -0.15) is 0 Å². The van der Waals surface area contributed by atoms with Gasteiger partial charge in [-0.05, 0) is 45.4 Å². The van der Waals surface area contributed by atoms with Crippen LogP contribution in [0.1, 0.15) is 39.3 Å². The maximum Gasteiger partial charge on any atom is 0.337 e. The van der Waals surface area contributed by atoms with Gasteiger partial charge in [0.05, 0.1) is 18.7 Å². The largest absolute Gasteiger partial charge is 0.466 e. The number of hydrogen-bond donors (Lipinski definition) is 1. The molecule has 25 heavy (non-hydrogen) atoms. The van der Waals surface area contributed by atoms with E-state index in [1.54, 1.807) is 30.0 Å². The molecule has 1 atom stereocenters. The van der Waals surface area contributed by atoms with Gasteiger partial charge in [0.2, 0.25) is 6.79 Å². The van der Waals surface area contributed by atoms with Gasteiger partial charge in [0.1, 0.15) is 0 Å². The highest BCUT2D eigenvalue weighted by molar-refractivity contribution is 5.95. The molecule has 3 rings (SSSR count). The first-order valence-electron chi connectivity index (χ1n) is 8.03. The predicted octanol–water partition coefficient (Wildman–Crippen LogP) is 2.73. The van der Waals surface area contributed by atoms with E-state index in [0.29, 0.717) is 22.8 Å². The minimum Gasteiger partial charge on any atom is -0.466 e. The standard InChI is InChI=1S/C18H22N2O5/c1-10-14(16(21)23-5)15(19-17(22)20(10)18(2,3)4)11-6-7-12-13(8-11)25-9-24-12/h6-8,15H,9H2,1-5H3,(H,19,22). The number of esters is 1. The van der Waals surface area contributed by atoms with E-state index < -0.39 is 17.6 Å². The van der Waals surface area contributed by atoms with Gasteiger partial charge in [0.25, 0.3) is 0 Å². The second kappa shape index (κ2) is 5.98. The molecule has 2 aliphatic heterocycles. The molecule has 1 N–H and O–H groups in total. The molecule has 0 bridgehead atoms. The van der Waals surface area contributed by atoms with Gasteiger partial charge in [-0.1, -0.05) is 6.07 Å². The molecule has 7 nitrogen and oxygen atoms in total. The van der Waals surface area contributed by atoms with Crippen LogP contribution in [-0.2, 0) is 9.53 Å². The number of allylic oxidation sites excluding steroid dienone is 1. The van der Waals surface area contributed by atoms with E-state index in [-0.39, 0.29) is 12.8 Å². The Labute approximate surface area is 146 Å². The van der Waals surface area contributed by atoms with Gasteiger partial charge in [-0.25, -0.2) is 9.59 Å². The summed E-state index contributed by atoms with van der Waals surface area (Å²) in [4.78, 5) is 26.7. The molecule has 2 heterocycles. The Kier molecular flexibility index (Phi) is 4.10. The molecule has 0 aromatic heterocycles. The number of urea groups is 1. The topological polar surface area (TPSA) is 77.1 Å². The van der Waals surface area contributed by atoms with Crippen molar-refractivity contribution in [3.63, 3.8) is 0 Å². The number of rotatable bonds is 2. The van der Waals surface area contributed by atoms with Gasteiger partial charge in [-0.15, -0.1) is 0 Å². The third-order valence-corrected chi connectivity index (χ3v) is 4.29. The fourth-order valence-electron chi connectivity index (χ4n) is 3.27. The molecule has 0 aliphatic carbocycles. The first-order chi connectivity index (χ1) is 11.7. The van der Waals surface area contributed by atoms with Crippen molar-refractivity contribution in [2.24, 2.45) is 0 Å². The van der Waals surface area contributed by atoms with Crippen molar-refractivity contribution >= 4 is 12.0 Å². The number of ether oxygens (including phenoxy) is 3. The van der Waals surface area contributed by atoms with Crippen molar-refractivity contribution in [2.75, 3.05) is 13.9 Å². The first kappa shape index (κ1) is 17.1. The minimum absolute atomic E-state index is 0.159. The Morgan fingerprint density at radius 2 is 1.96 bits per heavy atom. The quantitative estimate of drug-likeness (QED) is 0.833. The van der Waals surface area contributed by atoms with Crippen molar-refractivity contribution < 1.29 is 23.8 Å². The fourth-order valence-corrected chi connectivity index (χ4v) is 3.27. The summed E-state index contributed by atoms with van der Waals surface area (Å²) in [6.45, 7) is 7.65. The van der Waals surface area contributed by atoms with Crippen molar-refractivity contribution in [1.29, 1.82) is 0 Å². The summed E-state index contributed by atoms with van der Waals surface area (Å²) in [5, 5.41) is 2.91. The van der Waals surface area contributed by atoms with Crippen LogP contribution < -0.4 is 14.8 Å². The van der Waals surface area contributed by atoms with Crippen LogP contribution in [0.25, 0.3) is 0 Å². The first-order valence-corrected chi connectivity index (χ1v) is 8.03. The van der Waals surface area contributed by atoms with E-state index >= 15 is 0 Å². The number of methoxy groups -OCH3 is 1. The number of nitrogens with one attached hydrogen (secondary N) is 1. The predicted molar refractivity (Wildman–Crippen MR) is 90.1 cm³/mol. The summed E-state index contributed by atoms with van der Waals surface area (Å²) < 4.78 is 15.7. The summed E-state index contributed by atoms with van der Waals surface area (Å²) in [7, 11) is 1.33. The van der Waals surface area contributed by atoms with Crippen LogP contribution >= 0.6 is 0 Å². The molecule has 1 unspecified atom stereocenters. The van der Waals surface area contributed by atoms with E-state index in [2.05, 4.69) is 5.32 Å². The highest BCUT2D eigenvalue weighted by Crippen LogP contribution is 2.39. The molecule has 1 aromatic rings. The second-order valence-electron chi connectivity index (χ2n) is 6.99. The third-order valence-electron chi connectivity index (χ3n) is 4.29. The Morgan fingerprint density at radius 1 is 1.28 bits per heavy atom. The van der Waals surface area contributed by atoms with Crippen LogP contribution in [0, 0.1) is 0 Å². The maximum absolute atomic E-state index is 12.7. The lowest BCUT2D eigenvalue weighted by Gasteiger charge is -2.42. The Hall–Kier alpha value is -2.70. The molecule has 2 amide bonds. The zero-order valence-electron chi connectivity index (χ0n) is 15.0. The van der Waals surface area contributed by atoms with Gasteiger partial charge in [0.15, 0.2) is 11.5 Å². The third kappa shape index (κ3) is 2.90. The summed E-state index contributed by atoms with van der Waals surface area (Å²) in [5.41, 5.74) is 1.22. The molecule has 134 valence electrons. The van der Waals surface area contributed by atoms with Gasteiger partial charge in [-0.3, -0.25) is 4.90 Å². The number of benzene rings is 1. The number of fused-ring (bicyclic) bond motifs is 1. The maximum atomic E-state index is 12.7. The van der Waals surface area contributed by atoms with E-state index in [1.165, 1.54) is 7.11 Å².